The van der Waals surface area contributed by atoms with Crippen LogP contribution >= 0.6 is 0 Å². The summed E-state index contributed by atoms with van der Waals surface area (Å²) in [6.07, 6.45) is 0.424. The first kappa shape index (κ1) is 23.2. The van der Waals surface area contributed by atoms with Crippen LogP contribution in [-0.4, -0.2) is 25.4 Å². The van der Waals surface area contributed by atoms with E-state index in [0.717, 1.165) is 0 Å². The normalized spacial score (nSPS) is 11.7. The molecule has 2 aromatic carbocycles. The van der Waals surface area contributed by atoms with Crippen molar-refractivity contribution in [2.24, 2.45) is 5.73 Å². The van der Waals surface area contributed by atoms with Crippen molar-refractivity contribution < 1.29 is 4.79 Å². The highest BCUT2D eigenvalue weighted by Crippen LogP contribution is 2.26. The van der Waals surface area contributed by atoms with Gasteiger partial charge in [-0.15, -0.1) is 0 Å². The molecule has 4 rings (SSSR count). The van der Waals surface area contributed by atoms with Gasteiger partial charge in [-0.2, -0.15) is 15.2 Å². The van der Waals surface area contributed by atoms with E-state index in [9.17, 15) is 14.9 Å². The van der Waals surface area contributed by atoms with Crippen LogP contribution in [0.2, 0.25) is 0 Å². The van der Waals surface area contributed by atoms with E-state index < -0.39 is 11.9 Å². The first-order valence-corrected chi connectivity index (χ1v) is 10.8. The third-order valence-corrected chi connectivity index (χ3v) is 5.47. The number of rotatable bonds is 7. The van der Waals surface area contributed by atoms with Gasteiger partial charge in [-0.3, -0.25) is 14.2 Å². The predicted octanol–water partition coefficient (Wildman–Crippen LogP) is 1.80. The second-order valence-corrected chi connectivity index (χ2v) is 7.89. The van der Waals surface area contributed by atoms with Crippen molar-refractivity contribution in [2.45, 2.75) is 25.8 Å². The lowest BCUT2D eigenvalue weighted by Gasteiger charge is -2.21. The molecule has 0 unspecified atom stereocenters. The first-order chi connectivity index (χ1) is 16.8. The topological polar surface area (TPSA) is 192 Å². The summed E-state index contributed by atoms with van der Waals surface area (Å²) in [4.78, 5) is 37.9. The highest BCUT2D eigenvalue weighted by Gasteiger charge is 2.22. The number of para-hydroxylation sites is 1. The van der Waals surface area contributed by atoms with Gasteiger partial charge in [-0.05, 0) is 37.1 Å². The molecule has 0 spiro atoms. The quantitative estimate of drug-likeness (QED) is 0.312. The number of benzene rings is 2. The zero-order chi connectivity index (χ0) is 25.1. The zero-order valence-electron chi connectivity index (χ0n) is 18.9. The molecule has 176 valence electrons. The lowest BCUT2D eigenvalue weighted by molar-refractivity contribution is -0.117. The summed E-state index contributed by atoms with van der Waals surface area (Å²) < 4.78 is 1.49. The number of nitrogen functional groups attached to an aromatic ring is 2. The highest BCUT2D eigenvalue weighted by atomic mass is 16.1. The van der Waals surface area contributed by atoms with E-state index in [1.54, 1.807) is 37.3 Å². The van der Waals surface area contributed by atoms with Crippen LogP contribution in [0.3, 0.4) is 0 Å². The molecule has 7 N–H and O–H groups in total. The molecule has 0 bridgehead atoms. The van der Waals surface area contributed by atoms with E-state index in [4.69, 9.17) is 22.2 Å². The number of carbonyl (C=O) groups is 1. The summed E-state index contributed by atoms with van der Waals surface area (Å²) in [7, 11) is 0. The van der Waals surface area contributed by atoms with Crippen molar-refractivity contribution in [1.82, 2.24) is 19.5 Å². The van der Waals surface area contributed by atoms with Gasteiger partial charge in [-0.1, -0.05) is 30.3 Å². The SMILES string of the molecule is C[C@H](Nc1nc(N)nc(N)c1C#N)c1nc2cccc(CCC(N)=O)c2c(=O)n1-c1ccccc1. The van der Waals surface area contributed by atoms with E-state index in [2.05, 4.69) is 15.3 Å². The van der Waals surface area contributed by atoms with Crippen LogP contribution < -0.4 is 28.1 Å². The second kappa shape index (κ2) is 9.48. The Kier molecular flexibility index (Phi) is 6.28. The zero-order valence-corrected chi connectivity index (χ0v) is 18.9. The summed E-state index contributed by atoms with van der Waals surface area (Å²) in [5, 5.41) is 13.0. The number of aryl methyl sites for hydroxylation is 1. The number of anilines is 3. The Balaban J connectivity index is 1.92. The van der Waals surface area contributed by atoms with E-state index in [0.29, 0.717) is 34.4 Å². The average Bonchev–Trinajstić information content (AvgIpc) is 2.82. The van der Waals surface area contributed by atoms with E-state index in [1.165, 1.54) is 4.57 Å². The van der Waals surface area contributed by atoms with Crippen molar-refractivity contribution >= 4 is 34.4 Å². The standard InChI is InChI=1S/C24H23N9O2/c1-13(29-21-16(12-25)20(27)31-24(28)32-21)22-30-17-9-5-6-14(10-11-18(26)34)19(17)23(35)33(22)15-7-3-2-4-8-15/h2-9,13H,10-11H2,1H3,(H2,26,34)(H5,27,28,29,31,32)/t13-/m0/s1. The number of nitrogens with zero attached hydrogens (tertiary/aromatic N) is 5. The number of amides is 1. The third-order valence-electron chi connectivity index (χ3n) is 5.47. The van der Waals surface area contributed by atoms with Crippen LogP contribution in [0.25, 0.3) is 16.6 Å². The van der Waals surface area contributed by atoms with Gasteiger partial charge >= 0.3 is 0 Å². The molecule has 0 aliphatic rings. The number of aromatic nitrogens is 4. The smallest absolute Gasteiger partial charge is 0.266 e. The molecule has 0 saturated carbocycles. The molecule has 2 heterocycles. The molecule has 0 aliphatic heterocycles. The summed E-state index contributed by atoms with van der Waals surface area (Å²) in [5.41, 5.74) is 18.4. The molecule has 1 amide bonds. The Hall–Kier alpha value is -4.98. The lowest BCUT2D eigenvalue weighted by Crippen LogP contribution is -2.28. The van der Waals surface area contributed by atoms with Gasteiger partial charge in [0.25, 0.3) is 5.56 Å². The molecule has 1 atom stereocenters. The highest BCUT2D eigenvalue weighted by molar-refractivity contribution is 5.83. The first-order valence-electron chi connectivity index (χ1n) is 10.8. The fourth-order valence-corrected chi connectivity index (χ4v) is 3.88. The Bertz CT molecular complexity index is 1520. The summed E-state index contributed by atoms with van der Waals surface area (Å²) in [6.45, 7) is 1.78. The fraction of sp³-hybridized carbons (Fsp3) is 0.167. The van der Waals surface area contributed by atoms with Gasteiger partial charge in [0.1, 0.15) is 23.3 Å². The Labute approximate surface area is 200 Å². The number of hydrogen-bond donors (Lipinski definition) is 4. The van der Waals surface area contributed by atoms with Crippen molar-refractivity contribution in [2.75, 3.05) is 16.8 Å². The molecule has 0 radical (unpaired) electrons. The molecular weight excluding hydrogens is 446 g/mol. The van der Waals surface area contributed by atoms with E-state index >= 15 is 0 Å². The summed E-state index contributed by atoms with van der Waals surface area (Å²) >= 11 is 0. The van der Waals surface area contributed by atoms with Gasteiger partial charge < -0.3 is 22.5 Å². The molecule has 4 aromatic rings. The van der Waals surface area contributed by atoms with Gasteiger partial charge in [0, 0.05) is 6.42 Å². The van der Waals surface area contributed by atoms with Crippen LogP contribution in [0.15, 0.2) is 53.3 Å². The second-order valence-electron chi connectivity index (χ2n) is 7.89. The molecule has 11 heteroatoms. The average molecular weight is 470 g/mol. The van der Waals surface area contributed by atoms with Crippen molar-refractivity contribution in [3.63, 3.8) is 0 Å². The maximum atomic E-state index is 13.9. The molecule has 2 aromatic heterocycles. The number of carbonyl (C=O) groups excluding carboxylic acids is 1. The Morgan fingerprint density at radius 2 is 1.86 bits per heavy atom. The lowest BCUT2D eigenvalue weighted by atomic mass is 10.0. The maximum absolute atomic E-state index is 13.9. The minimum atomic E-state index is -0.595. The predicted molar refractivity (Wildman–Crippen MR) is 132 cm³/mol. The van der Waals surface area contributed by atoms with Crippen molar-refractivity contribution in [3.8, 4) is 11.8 Å². The molecule has 11 nitrogen and oxygen atoms in total. The van der Waals surface area contributed by atoms with Crippen LogP contribution in [0.1, 0.15) is 36.3 Å². The monoisotopic (exact) mass is 469 g/mol. The van der Waals surface area contributed by atoms with Gasteiger partial charge in [-0.25, -0.2) is 4.98 Å². The number of nitrogens with one attached hydrogen (secondary N) is 1. The van der Waals surface area contributed by atoms with Gasteiger partial charge in [0.05, 0.1) is 22.6 Å². The molecule has 0 aliphatic carbocycles. The van der Waals surface area contributed by atoms with Crippen LogP contribution in [0.5, 0.6) is 0 Å². The van der Waals surface area contributed by atoms with E-state index in [-0.39, 0.29) is 35.1 Å². The van der Waals surface area contributed by atoms with Crippen LogP contribution in [0.4, 0.5) is 17.6 Å². The minimum absolute atomic E-state index is 0.0363. The number of hydrogen-bond acceptors (Lipinski definition) is 9. The minimum Gasteiger partial charge on any atom is -0.382 e. The number of fused-ring (bicyclic) bond motifs is 1. The largest absolute Gasteiger partial charge is 0.382 e. The van der Waals surface area contributed by atoms with E-state index in [1.807, 2.05) is 24.3 Å². The Morgan fingerprint density at radius 3 is 2.54 bits per heavy atom. The van der Waals surface area contributed by atoms with Crippen LogP contribution in [0, 0.1) is 11.3 Å². The van der Waals surface area contributed by atoms with Gasteiger partial charge in [0.15, 0.2) is 5.82 Å². The molecule has 35 heavy (non-hydrogen) atoms. The molecular formula is C24H23N9O2. The van der Waals surface area contributed by atoms with Gasteiger partial charge in [0.2, 0.25) is 11.9 Å². The molecule has 0 saturated heterocycles. The Morgan fingerprint density at radius 1 is 1.11 bits per heavy atom. The van der Waals surface area contributed by atoms with Crippen molar-refractivity contribution in [1.29, 1.82) is 5.26 Å². The fourth-order valence-electron chi connectivity index (χ4n) is 3.88. The number of nitrogens with two attached hydrogens (primary N) is 3. The third kappa shape index (κ3) is 4.58. The van der Waals surface area contributed by atoms with Crippen molar-refractivity contribution in [3.05, 3.63) is 75.8 Å². The molecule has 0 fully saturated rings. The summed E-state index contributed by atoms with van der Waals surface area (Å²) in [5.74, 6) is -0.0954. The van der Waals surface area contributed by atoms with Crippen LogP contribution in [-0.2, 0) is 11.2 Å². The maximum Gasteiger partial charge on any atom is 0.266 e. The number of nitriles is 1. The summed E-state index contributed by atoms with van der Waals surface area (Å²) in [6, 6.07) is 15.7. The number of primary amides is 1.